The van der Waals surface area contributed by atoms with Crippen molar-refractivity contribution in [3.8, 4) is 11.5 Å². The molecule has 3 rings (SSSR count). The van der Waals surface area contributed by atoms with Crippen molar-refractivity contribution in [3.05, 3.63) is 89.7 Å². The van der Waals surface area contributed by atoms with Crippen molar-refractivity contribution in [3.63, 3.8) is 0 Å². The standard InChI is InChI=1S/C20H20N2O2/c23-18-10-3-1-8-16(18)20(17-9-2-4-11-19(17)24)22-14-12-15-7-5-6-13-21-15/h1-11,13,20,22-24H,12,14H2. The lowest BCUT2D eigenvalue weighted by Gasteiger charge is -2.21. The van der Waals surface area contributed by atoms with Crippen LogP contribution in [0.25, 0.3) is 0 Å². The van der Waals surface area contributed by atoms with Gasteiger partial charge in [-0.15, -0.1) is 0 Å². The Hall–Kier alpha value is -2.85. The fraction of sp³-hybridized carbons (Fsp3) is 0.150. The Morgan fingerprint density at radius 1 is 0.792 bits per heavy atom. The van der Waals surface area contributed by atoms with Crippen LogP contribution in [0.2, 0.25) is 0 Å². The fourth-order valence-corrected chi connectivity index (χ4v) is 2.74. The maximum absolute atomic E-state index is 10.2. The first-order valence-electron chi connectivity index (χ1n) is 7.95. The van der Waals surface area contributed by atoms with Gasteiger partial charge in [-0.2, -0.15) is 0 Å². The predicted octanol–water partition coefficient (Wildman–Crippen LogP) is 3.41. The highest BCUT2D eigenvalue weighted by atomic mass is 16.3. The van der Waals surface area contributed by atoms with Crippen molar-refractivity contribution in [2.75, 3.05) is 6.54 Å². The number of phenols is 2. The molecule has 0 radical (unpaired) electrons. The number of nitrogens with zero attached hydrogens (tertiary/aromatic N) is 1. The van der Waals surface area contributed by atoms with Crippen LogP contribution in [0.5, 0.6) is 11.5 Å². The number of para-hydroxylation sites is 2. The lowest BCUT2D eigenvalue weighted by molar-refractivity contribution is 0.442. The quantitative estimate of drug-likeness (QED) is 0.651. The van der Waals surface area contributed by atoms with Crippen LogP contribution in [0.15, 0.2) is 72.9 Å². The number of hydrogen-bond donors (Lipinski definition) is 3. The van der Waals surface area contributed by atoms with Crippen LogP contribution in [0.4, 0.5) is 0 Å². The highest BCUT2D eigenvalue weighted by molar-refractivity contribution is 5.45. The van der Waals surface area contributed by atoms with E-state index in [9.17, 15) is 10.2 Å². The van der Waals surface area contributed by atoms with E-state index in [0.717, 1.165) is 23.2 Å². The first-order valence-corrected chi connectivity index (χ1v) is 7.95. The van der Waals surface area contributed by atoms with Crippen LogP contribution in [-0.4, -0.2) is 21.7 Å². The average molecular weight is 320 g/mol. The maximum atomic E-state index is 10.2. The zero-order valence-corrected chi connectivity index (χ0v) is 13.3. The van der Waals surface area contributed by atoms with E-state index in [2.05, 4.69) is 10.3 Å². The average Bonchev–Trinajstić information content (AvgIpc) is 2.61. The lowest BCUT2D eigenvalue weighted by atomic mass is 9.97. The van der Waals surface area contributed by atoms with Crippen molar-refractivity contribution in [2.45, 2.75) is 12.5 Å². The van der Waals surface area contributed by atoms with Gasteiger partial charge in [-0.05, 0) is 24.3 Å². The van der Waals surface area contributed by atoms with Crippen molar-refractivity contribution < 1.29 is 10.2 Å². The number of rotatable bonds is 6. The minimum atomic E-state index is -0.295. The van der Waals surface area contributed by atoms with E-state index in [-0.39, 0.29) is 17.5 Å². The number of phenolic OH excluding ortho intramolecular Hbond substituents is 2. The van der Waals surface area contributed by atoms with Crippen molar-refractivity contribution in [1.82, 2.24) is 10.3 Å². The van der Waals surface area contributed by atoms with Crippen LogP contribution >= 0.6 is 0 Å². The normalized spacial score (nSPS) is 10.9. The molecule has 24 heavy (non-hydrogen) atoms. The summed E-state index contributed by atoms with van der Waals surface area (Å²) in [5, 5.41) is 23.9. The molecule has 4 heteroatoms. The topological polar surface area (TPSA) is 65.4 Å². The van der Waals surface area contributed by atoms with Gasteiger partial charge in [0.15, 0.2) is 0 Å². The number of hydrogen-bond acceptors (Lipinski definition) is 4. The number of pyridine rings is 1. The first kappa shape index (κ1) is 16.0. The summed E-state index contributed by atoms with van der Waals surface area (Å²) in [6.45, 7) is 0.671. The monoisotopic (exact) mass is 320 g/mol. The summed E-state index contributed by atoms with van der Waals surface area (Å²) in [6, 6.07) is 19.9. The number of nitrogens with one attached hydrogen (secondary N) is 1. The van der Waals surface area contributed by atoms with Gasteiger partial charge in [0.2, 0.25) is 0 Å². The molecule has 0 bridgehead atoms. The van der Waals surface area contributed by atoms with Gasteiger partial charge in [0, 0.05) is 36.0 Å². The van der Waals surface area contributed by atoms with Gasteiger partial charge in [0.05, 0.1) is 6.04 Å². The van der Waals surface area contributed by atoms with Crippen LogP contribution in [0.1, 0.15) is 22.9 Å². The van der Waals surface area contributed by atoms with Gasteiger partial charge in [-0.1, -0.05) is 42.5 Å². The number of aromatic nitrogens is 1. The van der Waals surface area contributed by atoms with Crippen LogP contribution in [-0.2, 0) is 6.42 Å². The maximum Gasteiger partial charge on any atom is 0.120 e. The van der Waals surface area contributed by atoms with Crippen LogP contribution in [0.3, 0.4) is 0 Å². The van der Waals surface area contributed by atoms with E-state index in [1.807, 2.05) is 42.5 Å². The highest BCUT2D eigenvalue weighted by Crippen LogP contribution is 2.33. The van der Waals surface area contributed by atoms with E-state index in [1.54, 1.807) is 30.5 Å². The number of aromatic hydroxyl groups is 2. The Morgan fingerprint density at radius 2 is 1.38 bits per heavy atom. The minimum Gasteiger partial charge on any atom is -0.508 e. The van der Waals surface area contributed by atoms with Crippen LogP contribution < -0.4 is 5.32 Å². The Kier molecular flexibility index (Phi) is 5.08. The first-order chi connectivity index (χ1) is 11.8. The summed E-state index contributed by atoms with van der Waals surface area (Å²) in [6.07, 6.45) is 2.54. The summed E-state index contributed by atoms with van der Waals surface area (Å²) >= 11 is 0. The molecule has 3 N–H and O–H groups in total. The molecule has 1 heterocycles. The van der Waals surface area contributed by atoms with Gasteiger partial charge in [-0.25, -0.2) is 0 Å². The molecule has 1 aromatic heterocycles. The molecular formula is C20H20N2O2. The summed E-state index contributed by atoms with van der Waals surface area (Å²) in [5.74, 6) is 0.409. The molecule has 0 aliphatic rings. The predicted molar refractivity (Wildman–Crippen MR) is 94.0 cm³/mol. The zero-order chi connectivity index (χ0) is 16.8. The number of benzene rings is 2. The molecule has 4 nitrogen and oxygen atoms in total. The van der Waals surface area contributed by atoms with E-state index in [4.69, 9.17) is 0 Å². The van der Waals surface area contributed by atoms with Gasteiger partial charge < -0.3 is 15.5 Å². The van der Waals surface area contributed by atoms with Gasteiger partial charge in [-0.3, -0.25) is 4.98 Å². The molecule has 0 atom stereocenters. The fourth-order valence-electron chi connectivity index (χ4n) is 2.74. The Bertz CT molecular complexity index is 745. The Labute approximate surface area is 141 Å². The van der Waals surface area contributed by atoms with Gasteiger partial charge in [0.1, 0.15) is 11.5 Å². The third kappa shape index (κ3) is 3.73. The summed E-state index contributed by atoms with van der Waals surface area (Å²) in [7, 11) is 0. The van der Waals surface area contributed by atoms with Crippen LogP contribution in [0, 0.1) is 0 Å². The third-order valence-electron chi connectivity index (χ3n) is 3.95. The smallest absolute Gasteiger partial charge is 0.120 e. The molecule has 3 aromatic rings. The molecule has 122 valence electrons. The molecule has 0 unspecified atom stereocenters. The second-order valence-corrected chi connectivity index (χ2v) is 5.58. The highest BCUT2D eigenvalue weighted by Gasteiger charge is 2.19. The van der Waals surface area contributed by atoms with Crippen molar-refractivity contribution in [2.24, 2.45) is 0 Å². The molecule has 2 aromatic carbocycles. The van der Waals surface area contributed by atoms with Crippen molar-refractivity contribution in [1.29, 1.82) is 0 Å². The minimum absolute atomic E-state index is 0.205. The molecule has 0 aliphatic carbocycles. The second-order valence-electron chi connectivity index (χ2n) is 5.58. The van der Waals surface area contributed by atoms with Gasteiger partial charge >= 0.3 is 0 Å². The molecule has 0 fully saturated rings. The largest absolute Gasteiger partial charge is 0.508 e. The molecular weight excluding hydrogens is 300 g/mol. The molecule has 0 saturated carbocycles. The second kappa shape index (κ2) is 7.62. The summed E-state index contributed by atoms with van der Waals surface area (Å²) in [4.78, 5) is 4.32. The van der Waals surface area contributed by atoms with E-state index in [0.29, 0.717) is 6.54 Å². The SMILES string of the molecule is Oc1ccccc1C(NCCc1ccccn1)c1ccccc1O. The van der Waals surface area contributed by atoms with E-state index >= 15 is 0 Å². The Morgan fingerprint density at radius 3 is 1.92 bits per heavy atom. The molecule has 0 saturated heterocycles. The Balaban J connectivity index is 1.83. The summed E-state index contributed by atoms with van der Waals surface area (Å²) in [5.41, 5.74) is 2.47. The molecule has 0 aliphatic heterocycles. The molecule has 0 amide bonds. The summed E-state index contributed by atoms with van der Waals surface area (Å²) < 4.78 is 0. The van der Waals surface area contributed by atoms with Crippen molar-refractivity contribution >= 4 is 0 Å². The van der Waals surface area contributed by atoms with E-state index < -0.39 is 0 Å². The van der Waals surface area contributed by atoms with E-state index in [1.165, 1.54) is 0 Å². The molecule has 0 spiro atoms. The third-order valence-corrected chi connectivity index (χ3v) is 3.95. The van der Waals surface area contributed by atoms with Gasteiger partial charge in [0.25, 0.3) is 0 Å². The zero-order valence-electron chi connectivity index (χ0n) is 13.3. The lowest BCUT2D eigenvalue weighted by Crippen LogP contribution is -2.25.